The Morgan fingerprint density at radius 1 is 1.04 bits per heavy atom. The minimum atomic E-state index is -0.351. The Labute approximate surface area is 157 Å². The van der Waals surface area contributed by atoms with Crippen molar-refractivity contribution in [2.45, 2.75) is 6.42 Å². The van der Waals surface area contributed by atoms with Crippen molar-refractivity contribution in [3.05, 3.63) is 78.2 Å². The lowest BCUT2D eigenvalue weighted by molar-refractivity contribution is -0.115. The summed E-state index contributed by atoms with van der Waals surface area (Å²) in [5.41, 5.74) is 3.26. The number of nitrogens with one attached hydrogen (secondary N) is 2. The van der Waals surface area contributed by atoms with Gasteiger partial charge in [-0.3, -0.25) is 4.79 Å². The van der Waals surface area contributed by atoms with Gasteiger partial charge in [0.2, 0.25) is 5.91 Å². The predicted molar refractivity (Wildman–Crippen MR) is 107 cm³/mol. The van der Waals surface area contributed by atoms with Crippen molar-refractivity contribution in [3.8, 4) is 0 Å². The number of aromatic nitrogens is 1. The fraction of sp³-hybridized carbons (Fsp3) is 0.143. The lowest BCUT2D eigenvalue weighted by atomic mass is 10.1. The number of rotatable bonds is 6. The lowest BCUT2D eigenvalue weighted by Crippen LogP contribution is -2.14. The number of pyridine rings is 1. The van der Waals surface area contributed by atoms with E-state index in [2.05, 4.69) is 15.6 Å². The second-order valence-corrected chi connectivity index (χ2v) is 6.35. The van der Waals surface area contributed by atoms with Gasteiger partial charge in [-0.2, -0.15) is 0 Å². The number of hydrogen-bond donors (Lipinski definition) is 2. The van der Waals surface area contributed by atoms with Crippen molar-refractivity contribution in [2.24, 2.45) is 0 Å². The normalized spacial score (nSPS) is 10.3. The molecule has 0 saturated carbocycles. The third kappa shape index (κ3) is 5.28. The van der Waals surface area contributed by atoms with Gasteiger partial charge in [0.25, 0.3) is 0 Å². The Bertz CT molecular complexity index is 908. The molecule has 0 saturated heterocycles. The van der Waals surface area contributed by atoms with E-state index in [-0.39, 0.29) is 18.1 Å². The van der Waals surface area contributed by atoms with Gasteiger partial charge in [0.05, 0.1) is 18.3 Å². The predicted octanol–water partition coefficient (Wildman–Crippen LogP) is 4.21. The van der Waals surface area contributed by atoms with E-state index in [0.29, 0.717) is 17.1 Å². The Balaban J connectivity index is 1.57. The Morgan fingerprint density at radius 2 is 1.78 bits per heavy atom. The van der Waals surface area contributed by atoms with Crippen LogP contribution in [0.15, 0.2) is 66.9 Å². The molecule has 27 heavy (non-hydrogen) atoms. The molecular weight excluding hydrogens is 343 g/mol. The summed E-state index contributed by atoms with van der Waals surface area (Å²) in [7, 11) is 3.98. The summed E-state index contributed by atoms with van der Waals surface area (Å²) in [5.74, 6) is 0.106. The van der Waals surface area contributed by atoms with Crippen molar-refractivity contribution >= 4 is 28.8 Å². The zero-order valence-electron chi connectivity index (χ0n) is 15.2. The van der Waals surface area contributed by atoms with Crippen LogP contribution in [-0.2, 0) is 11.2 Å². The van der Waals surface area contributed by atoms with E-state index in [1.165, 1.54) is 12.1 Å². The van der Waals surface area contributed by atoms with Crippen molar-refractivity contribution < 1.29 is 9.18 Å². The molecule has 0 aliphatic rings. The highest BCUT2D eigenvalue weighted by atomic mass is 19.1. The van der Waals surface area contributed by atoms with Crippen LogP contribution in [0.5, 0.6) is 0 Å². The van der Waals surface area contributed by atoms with E-state index >= 15 is 0 Å². The molecule has 6 heteroatoms. The first kappa shape index (κ1) is 18.4. The summed E-state index contributed by atoms with van der Waals surface area (Å²) >= 11 is 0. The molecule has 5 nitrogen and oxygen atoms in total. The topological polar surface area (TPSA) is 57.3 Å². The van der Waals surface area contributed by atoms with Crippen LogP contribution in [0.3, 0.4) is 0 Å². The maximum atomic E-state index is 13.2. The zero-order chi connectivity index (χ0) is 19.2. The van der Waals surface area contributed by atoms with Gasteiger partial charge >= 0.3 is 0 Å². The number of hydrogen-bond acceptors (Lipinski definition) is 4. The molecule has 2 aromatic carbocycles. The van der Waals surface area contributed by atoms with Gasteiger partial charge in [-0.05, 0) is 54.1 Å². The van der Waals surface area contributed by atoms with Crippen molar-refractivity contribution in [1.29, 1.82) is 0 Å². The van der Waals surface area contributed by atoms with Gasteiger partial charge in [0, 0.05) is 25.5 Å². The number of anilines is 4. The van der Waals surface area contributed by atoms with Gasteiger partial charge in [0.1, 0.15) is 11.6 Å². The summed E-state index contributed by atoms with van der Waals surface area (Å²) in [4.78, 5) is 18.4. The summed E-state index contributed by atoms with van der Waals surface area (Å²) < 4.78 is 13.2. The molecule has 1 heterocycles. The van der Waals surface area contributed by atoms with Gasteiger partial charge in [-0.25, -0.2) is 9.37 Å². The van der Waals surface area contributed by atoms with Crippen LogP contribution in [0.25, 0.3) is 0 Å². The fourth-order valence-corrected chi connectivity index (χ4v) is 2.57. The number of benzene rings is 2. The monoisotopic (exact) mass is 364 g/mol. The quantitative estimate of drug-likeness (QED) is 0.688. The molecule has 0 radical (unpaired) electrons. The van der Waals surface area contributed by atoms with Crippen LogP contribution in [-0.4, -0.2) is 25.0 Å². The Kier molecular flexibility index (Phi) is 5.66. The number of amides is 1. The van der Waals surface area contributed by atoms with Crippen molar-refractivity contribution in [2.75, 3.05) is 29.6 Å². The average Bonchev–Trinajstić information content (AvgIpc) is 2.64. The highest BCUT2D eigenvalue weighted by Gasteiger charge is 2.06. The maximum absolute atomic E-state index is 13.2. The van der Waals surface area contributed by atoms with Crippen LogP contribution in [0, 0.1) is 5.82 Å². The minimum absolute atomic E-state index is 0.107. The summed E-state index contributed by atoms with van der Waals surface area (Å²) in [6.45, 7) is 0. The summed E-state index contributed by atoms with van der Waals surface area (Å²) in [6, 6.07) is 17.6. The second-order valence-electron chi connectivity index (χ2n) is 6.35. The molecule has 138 valence electrons. The van der Waals surface area contributed by atoms with Crippen LogP contribution in [0.4, 0.5) is 27.3 Å². The van der Waals surface area contributed by atoms with Gasteiger partial charge in [-0.1, -0.05) is 12.1 Å². The molecule has 3 rings (SSSR count). The van der Waals surface area contributed by atoms with E-state index in [1.807, 2.05) is 43.3 Å². The lowest BCUT2D eigenvalue weighted by Gasteiger charge is -2.13. The third-order valence-electron chi connectivity index (χ3n) is 3.96. The van der Waals surface area contributed by atoms with Crippen LogP contribution in [0.2, 0.25) is 0 Å². The Morgan fingerprint density at radius 3 is 2.41 bits per heavy atom. The molecule has 0 fully saturated rings. The first-order chi connectivity index (χ1) is 13.0. The number of carbonyl (C=O) groups is 1. The number of nitrogens with zero attached hydrogens (tertiary/aromatic N) is 2. The maximum Gasteiger partial charge on any atom is 0.228 e. The van der Waals surface area contributed by atoms with E-state index in [1.54, 1.807) is 30.5 Å². The molecule has 2 N–H and O–H groups in total. The highest BCUT2D eigenvalue weighted by molar-refractivity contribution is 5.92. The van der Waals surface area contributed by atoms with Gasteiger partial charge < -0.3 is 15.5 Å². The zero-order valence-corrected chi connectivity index (χ0v) is 15.2. The summed E-state index contributed by atoms with van der Waals surface area (Å²) in [6.07, 6.45) is 1.69. The van der Waals surface area contributed by atoms with Gasteiger partial charge in [0.15, 0.2) is 0 Å². The molecule has 1 amide bonds. The molecule has 0 aliphatic heterocycles. The molecular formula is C21H21FN4O. The summed E-state index contributed by atoms with van der Waals surface area (Å²) in [5, 5.41) is 5.98. The van der Waals surface area contributed by atoms with Crippen molar-refractivity contribution in [3.63, 3.8) is 0 Å². The van der Waals surface area contributed by atoms with Crippen LogP contribution in [0.1, 0.15) is 5.56 Å². The SMILES string of the molecule is CN(C)c1ccc(Nc2ccc(NC(=O)Cc3cccc(F)c3)cn2)cc1. The first-order valence-electron chi connectivity index (χ1n) is 8.54. The van der Waals surface area contributed by atoms with E-state index in [4.69, 9.17) is 0 Å². The minimum Gasteiger partial charge on any atom is -0.378 e. The van der Waals surface area contributed by atoms with Crippen LogP contribution < -0.4 is 15.5 Å². The second kappa shape index (κ2) is 8.31. The number of carbonyl (C=O) groups excluding carboxylic acids is 1. The molecule has 0 spiro atoms. The van der Waals surface area contributed by atoms with E-state index < -0.39 is 0 Å². The van der Waals surface area contributed by atoms with Gasteiger partial charge in [-0.15, -0.1) is 0 Å². The first-order valence-corrected chi connectivity index (χ1v) is 8.54. The molecule has 0 unspecified atom stereocenters. The molecule has 0 aliphatic carbocycles. The average molecular weight is 364 g/mol. The van der Waals surface area contributed by atoms with Crippen molar-refractivity contribution in [1.82, 2.24) is 4.98 Å². The van der Waals surface area contributed by atoms with E-state index in [0.717, 1.165) is 11.4 Å². The molecule has 1 aromatic heterocycles. The highest BCUT2D eigenvalue weighted by Crippen LogP contribution is 2.20. The number of halogens is 1. The third-order valence-corrected chi connectivity index (χ3v) is 3.96. The van der Waals surface area contributed by atoms with Crippen LogP contribution >= 0.6 is 0 Å². The molecule has 0 atom stereocenters. The fourth-order valence-electron chi connectivity index (χ4n) is 2.57. The molecule has 3 aromatic rings. The largest absolute Gasteiger partial charge is 0.378 e. The standard InChI is InChI=1S/C21H21FN4O/c1-26(2)19-9-6-17(7-10-19)24-20-11-8-18(14-23-20)25-21(27)13-15-4-3-5-16(22)12-15/h3-12,14H,13H2,1-2H3,(H,23,24)(H,25,27). The van der Waals surface area contributed by atoms with E-state index in [9.17, 15) is 9.18 Å². The molecule has 0 bridgehead atoms. The Hall–Kier alpha value is -3.41. The smallest absolute Gasteiger partial charge is 0.228 e.